The Morgan fingerprint density at radius 3 is 2.68 bits per heavy atom. The zero-order valence-corrected chi connectivity index (χ0v) is 12.3. The quantitative estimate of drug-likeness (QED) is 0.743. The van der Waals surface area contributed by atoms with Gasteiger partial charge < -0.3 is 9.73 Å². The van der Waals surface area contributed by atoms with Gasteiger partial charge in [-0.1, -0.05) is 11.6 Å². The molecule has 0 aliphatic rings. The third-order valence-corrected chi connectivity index (χ3v) is 3.54. The molecule has 1 heterocycles. The molecule has 0 saturated heterocycles. The first-order valence-corrected chi connectivity index (χ1v) is 6.87. The fraction of sp³-hybridized carbons (Fsp3) is 0.0625. The van der Waals surface area contributed by atoms with Gasteiger partial charge in [0.2, 0.25) is 0 Å². The SMILES string of the molecule is CC(=O)c1ccc(Cl)c(NC(=O)c2ccc3ocnc3c2)c1. The van der Waals surface area contributed by atoms with Crippen molar-refractivity contribution in [2.75, 3.05) is 5.32 Å². The van der Waals surface area contributed by atoms with Gasteiger partial charge in [0.25, 0.3) is 5.91 Å². The number of carbonyl (C=O) groups excluding carboxylic acids is 2. The lowest BCUT2D eigenvalue weighted by Crippen LogP contribution is -2.12. The topological polar surface area (TPSA) is 72.2 Å². The number of nitrogens with one attached hydrogen (secondary N) is 1. The van der Waals surface area contributed by atoms with Crippen LogP contribution >= 0.6 is 11.6 Å². The van der Waals surface area contributed by atoms with Crippen molar-refractivity contribution in [2.45, 2.75) is 6.92 Å². The summed E-state index contributed by atoms with van der Waals surface area (Å²) in [4.78, 5) is 27.7. The fourth-order valence-corrected chi connectivity index (χ4v) is 2.20. The molecular formula is C16H11ClN2O3. The molecule has 2 aromatic carbocycles. The molecule has 0 spiro atoms. The van der Waals surface area contributed by atoms with E-state index in [1.165, 1.54) is 13.3 Å². The van der Waals surface area contributed by atoms with Crippen molar-refractivity contribution < 1.29 is 14.0 Å². The Balaban J connectivity index is 1.90. The van der Waals surface area contributed by atoms with Crippen molar-refractivity contribution in [3.05, 3.63) is 58.9 Å². The summed E-state index contributed by atoms with van der Waals surface area (Å²) in [5.74, 6) is -0.441. The standard InChI is InChI=1S/C16H11ClN2O3/c1-9(20)10-2-4-12(17)13(6-10)19-16(21)11-3-5-15-14(7-11)18-8-22-15/h2-8H,1H3,(H,19,21). The van der Waals surface area contributed by atoms with Gasteiger partial charge in [-0.05, 0) is 43.3 Å². The highest BCUT2D eigenvalue weighted by atomic mass is 35.5. The number of carbonyl (C=O) groups is 2. The van der Waals surface area contributed by atoms with Gasteiger partial charge in [0, 0.05) is 11.1 Å². The third kappa shape index (κ3) is 2.71. The molecule has 1 aromatic heterocycles. The third-order valence-electron chi connectivity index (χ3n) is 3.21. The summed E-state index contributed by atoms with van der Waals surface area (Å²) in [7, 11) is 0. The van der Waals surface area contributed by atoms with E-state index in [1.54, 1.807) is 36.4 Å². The number of ketones is 1. The van der Waals surface area contributed by atoms with E-state index in [9.17, 15) is 9.59 Å². The first kappa shape index (κ1) is 14.3. The number of oxazole rings is 1. The van der Waals surface area contributed by atoms with Crippen LogP contribution in [0.1, 0.15) is 27.6 Å². The van der Waals surface area contributed by atoms with Gasteiger partial charge in [-0.2, -0.15) is 0 Å². The molecule has 0 atom stereocenters. The van der Waals surface area contributed by atoms with Gasteiger partial charge in [-0.3, -0.25) is 9.59 Å². The van der Waals surface area contributed by atoms with E-state index in [2.05, 4.69) is 10.3 Å². The summed E-state index contributed by atoms with van der Waals surface area (Å²) >= 11 is 6.06. The average Bonchev–Trinajstić information content (AvgIpc) is 2.96. The number of hydrogen-bond donors (Lipinski definition) is 1. The zero-order valence-electron chi connectivity index (χ0n) is 11.6. The number of nitrogens with zero attached hydrogens (tertiary/aromatic N) is 1. The Kier molecular flexibility index (Phi) is 3.65. The Morgan fingerprint density at radius 1 is 1.14 bits per heavy atom. The molecule has 0 bridgehead atoms. The Morgan fingerprint density at radius 2 is 1.91 bits per heavy atom. The van der Waals surface area contributed by atoms with Crippen LogP contribution in [-0.4, -0.2) is 16.7 Å². The van der Waals surface area contributed by atoms with Crippen molar-refractivity contribution >= 4 is 40.1 Å². The number of Topliss-reactive ketones (excluding diaryl/α,β-unsaturated/α-hetero) is 1. The minimum atomic E-state index is -0.340. The lowest BCUT2D eigenvalue weighted by atomic mass is 10.1. The summed E-state index contributed by atoms with van der Waals surface area (Å²) in [6, 6.07) is 9.67. The van der Waals surface area contributed by atoms with Crippen molar-refractivity contribution in [2.24, 2.45) is 0 Å². The van der Waals surface area contributed by atoms with E-state index in [0.29, 0.717) is 32.9 Å². The first-order chi connectivity index (χ1) is 10.5. The predicted octanol–water partition coefficient (Wildman–Crippen LogP) is 3.94. The van der Waals surface area contributed by atoms with Crippen LogP contribution in [0.5, 0.6) is 0 Å². The van der Waals surface area contributed by atoms with Crippen LogP contribution in [0.15, 0.2) is 47.2 Å². The number of hydrogen-bond acceptors (Lipinski definition) is 4. The van der Waals surface area contributed by atoms with Gasteiger partial charge in [-0.15, -0.1) is 0 Å². The highest BCUT2D eigenvalue weighted by Gasteiger charge is 2.12. The number of anilines is 1. The van der Waals surface area contributed by atoms with E-state index < -0.39 is 0 Å². The highest BCUT2D eigenvalue weighted by molar-refractivity contribution is 6.34. The van der Waals surface area contributed by atoms with Gasteiger partial charge >= 0.3 is 0 Å². The first-order valence-electron chi connectivity index (χ1n) is 6.49. The van der Waals surface area contributed by atoms with Crippen LogP contribution in [0, 0.1) is 0 Å². The number of halogens is 1. The van der Waals surface area contributed by atoms with Crippen LogP contribution in [-0.2, 0) is 0 Å². The number of amides is 1. The van der Waals surface area contributed by atoms with E-state index >= 15 is 0 Å². The van der Waals surface area contributed by atoms with Gasteiger partial charge in [0.05, 0.1) is 10.7 Å². The molecule has 0 aliphatic carbocycles. The average molecular weight is 315 g/mol. The van der Waals surface area contributed by atoms with Crippen molar-refractivity contribution in [1.29, 1.82) is 0 Å². The molecule has 0 fully saturated rings. The molecule has 1 N–H and O–H groups in total. The summed E-state index contributed by atoms with van der Waals surface area (Å²) in [5, 5.41) is 3.06. The fourth-order valence-electron chi connectivity index (χ4n) is 2.03. The van der Waals surface area contributed by atoms with Crippen LogP contribution < -0.4 is 5.32 Å². The molecular weight excluding hydrogens is 304 g/mol. The molecule has 0 saturated carbocycles. The largest absolute Gasteiger partial charge is 0.443 e. The summed E-state index contributed by atoms with van der Waals surface area (Å²) in [6.07, 6.45) is 1.32. The maximum atomic E-state index is 12.3. The van der Waals surface area contributed by atoms with Gasteiger partial charge in [0.15, 0.2) is 17.8 Å². The molecule has 5 nitrogen and oxygen atoms in total. The van der Waals surface area contributed by atoms with Crippen molar-refractivity contribution in [1.82, 2.24) is 4.98 Å². The Hall–Kier alpha value is -2.66. The van der Waals surface area contributed by atoms with E-state index in [1.807, 2.05) is 0 Å². The molecule has 110 valence electrons. The molecule has 1 amide bonds. The van der Waals surface area contributed by atoms with Gasteiger partial charge in [0.1, 0.15) is 5.52 Å². The molecule has 3 aromatic rings. The minimum absolute atomic E-state index is 0.101. The van der Waals surface area contributed by atoms with Crippen LogP contribution in [0.25, 0.3) is 11.1 Å². The van der Waals surface area contributed by atoms with Crippen molar-refractivity contribution in [3.8, 4) is 0 Å². The number of rotatable bonds is 3. The molecule has 6 heteroatoms. The number of aromatic nitrogens is 1. The second kappa shape index (κ2) is 5.61. The van der Waals surface area contributed by atoms with E-state index in [0.717, 1.165) is 0 Å². The second-order valence-electron chi connectivity index (χ2n) is 4.74. The van der Waals surface area contributed by atoms with Crippen LogP contribution in [0.3, 0.4) is 0 Å². The maximum Gasteiger partial charge on any atom is 0.255 e. The molecule has 0 unspecified atom stereocenters. The maximum absolute atomic E-state index is 12.3. The van der Waals surface area contributed by atoms with Crippen LogP contribution in [0.4, 0.5) is 5.69 Å². The molecule has 3 rings (SSSR count). The van der Waals surface area contributed by atoms with E-state index in [-0.39, 0.29) is 11.7 Å². The highest BCUT2D eigenvalue weighted by Crippen LogP contribution is 2.24. The molecule has 0 aliphatic heterocycles. The normalized spacial score (nSPS) is 10.6. The molecule has 22 heavy (non-hydrogen) atoms. The molecule has 0 radical (unpaired) electrons. The monoisotopic (exact) mass is 314 g/mol. The van der Waals surface area contributed by atoms with Crippen molar-refractivity contribution in [3.63, 3.8) is 0 Å². The van der Waals surface area contributed by atoms with Gasteiger partial charge in [-0.25, -0.2) is 4.98 Å². The summed E-state index contributed by atoms with van der Waals surface area (Å²) in [5.41, 5.74) is 2.49. The lowest BCUT2D eigenvalue weighted by molar-refractivity contribution is 0.101. The Labute approximate surface area is 130 Å². The van der Waals surface area contributed by atoms with Crippen LogP contribution in [0.2, 0.25) is 5.02 Å². The second-order valence-corrected chi connectivity index (χ2v) is 5.15. The lowest BCUT2D eigenvalue weighted by Gasteiger charge is -2.08. The Bertz CT molecular complexity index is 886. The summed E-state index contributed by atoms with van der Waals surface area (Å²) in [6.45, 7) is 1.45. The zero-order chi connectivity index (χ0) is 15.7. The predicted molar refractivity (Wildman–Crippen MR) is 83.4 cm³/mol. The minimum Gasteiger partial charge on any atom is -0.443 e. The van der Waals surface area contributed by atoms with E-state index in [4.69, 9.17) is 16.0 Å². The smallest absolute Gasteiger partial charge is 0.255 e. The summed E-state index contributed by atoms with van der Waals surface area (Å²) < 4.78 is 5.13. The number of benzene rings is 2. The number of fused-ring (bicyclic) bond motifs is 1.